The molecule has 1 rings (SSSR count). The molecule has 6 heteroatoms. The van der Waals surface area contributed by atoms with Gasteiger partial charge in [-0.2, -0.15) is 0 Å². The second-order valence-electron chi connectivity index (χ2n) is 6.69. The lowest BCUT2D eigenvalue weighted by atomic mass is 10.1. The number of halogens is 1. The van der Waals surface area contributed by atoms with E-state index in [9.17, 15) is 14.0 Å². The molecule has 2 N–H and O–H groups in total. The summed E-state index contributed by atoms with van der Waals surface area (Å²) < 4.78 is 13.2. The molecule has 0 spiro atoms. The van der Waals surface area contributed by atoms with Crippen LogP contribution in [0.25, 0.3) is 0 Å². The van der Waals surface area contributed by atoms with Crippen molar-refractivity contribution in [3.8, 4) is 5.75 Å². The van der Waals surface area contributed by atoms with Gasteiger partial charge in [-0.3, -0.25) is 9.59 Å². The lowest BCUT2D eigenvalue weighted by Gasteiger charge is -2.23. The second kappa shape index (κ2) is 7.94. The van der Waals surface area contributed by atoms with E-state index in [1.807, 2.05) is 20.8 Å². The van der Waals surface area contributed by atoms with Crippen molar-refractivity contribution in [3.63, 3.8) is 0 Å². The van der Waals surface area contributed by atoms with Crippen molar-refractivity contribution in [1.29, 1.82) is 0 Å². The highest BCUT2D eigenvalue weighted by atomic mass is 19.1. The number of amides is 2. The standard InChI is InChI=1S/C17H25FN2O3/c1-17(2,3)19-15(22)11-20(4)16(23)7-5-6-12-8-9-14(21)13(18)10-12/h8-10,21H,5-7,11H2,1-4H3,(H,19,22). The van der Waals surface area contributed by atoms with E-state index in [0.29, 0.717) is 12.8 Å². The van der Waals surface area contributed by atoms with Crippen LogP contribution in [0.4, 0.5) is 4.39 Å². The van der Waals surface area contributed by atoms with E-state index in [4.69, 9.17) is 5.11 Å². The van der Waals surface area contributed by atoms with Crippen LogP contribution in [-0.4, -0.2) is 41.0 Å². The number of hydrogen-bond acceptors (Lipinski definition) is 3. The Morgan fingerprint density at radius 2 is 1.96 bits per heavy atom. The Bertz CT molecular complexity index is 567. The Hall–Kier alpha value is -2.11. The number of phenolic OH excluding ortho intramolecular Hbond substituents is 1. The molecule has 0 heterocycles. The van der Waals surface area contributed by atoms with E-state index in [1.165, 1.54) is 17.0 Å². The van der Waals surface area contributed by atoms with Gasteiger partial charge in [0.15, 0.2) is 11.6 Å². The lowest BCUT2D eigenvalue weighted by Crippen LogP contribution is -2.46. The van der Waals surface area contributed by atoms with Gasteiger partial charge in [0.1, 0.15) is 0 Å². The number of hydrogen-bond donors (Lipinski definition) is 2. The third-order valence-electron chi connectivity index (χ3n) is 3.19. The van der Waals surface area contributed by atoms with E-state index >= 15 is 0 Å². The predicted molar refractivity (Wildman–Crippen MR) is 86.5 cm³/mol. The Balaban J connectivity index is 2.38. The molecule has 2 amide bonds. The summed E-state index contributed by atoms with van der Waals surface area (Å²) in [5.74, 6) is -1.37. The summed E-state index contributed by atoms with van der Waals surface area (Å²) in [5.41, 5.74) is 0.394. The van der Waals surface area contributed by atoms with Crippen molar-refractivity contribution < 1.29 is 19.1 Å². The molecule has 0 saturated carbocycles. The Kier molecular flexibility index (Phi) is 6.54. The van der Waals surface area contributed by atoms with Gasteiger partial charge in [-0.1, -0.05) is 6.07 Å². The second-order valence-corrected chi connectivity index (χ2v) is 6.69. The minimum absolute atomic E-state index is 0.0178. The molecular weight excluding hydrogens is 299 g/mol. The summed E-state index contributed by atoms with van der Waals surface area (Å²) in [4.78, 5) is 25.1. The van der Waals surface area contributed by atoms with Gasteiger partial charge >= 0.3 is 0 Å². The average molecular weight is 324 g/mol. The fourth-order valence-corrected chi connectivity index (χ4v) is 2.10. The molecule has 128 valence electrons. The van der Waals surface area contributed by atoms with Crippen LogP contribution in [0.3, 0.4) is 0 Å². The topological polar surface area (TPSA) is 69.6 Å². The van der Waals surface area contributed by atoms with Crippen molar-refractivity contribution in [2.24, 2.45) is 0 Å². The fraction of sp³-hybridized carbons (Fsp3) is 0.529. The molecule has 0 fully saturated rings. The molecule has 1 aromatic carbocycles. The lowest BCUT2D eigenvalue weighted by molar-refractivity contribution is -0.135. The Labute approximate surface area is 136 Å². The van der Waals surface area contributed by atoms with Crippen LogP contribution in [0.5, 0.6) is 5.75 Å². The molecule has 0 aliphatic heterocycles. The van der Waals surface area contributed by atoms with E-state index in [2.05, 4.69) is 5.32 Å². The number of phenols is 1. The first-order chi connectivity index (χ1) is 10.6. The molecule has 0 saturated heterocycles. The normalized spacial score (nSPS) is 11.2. The first-order valence-corrected chi connectivity index (χ1v) is 7.61. The van der Waals surface area contributed by atoms with Crippen LogP contribution in [-0.2, 0) is 16.0 Å². The number of carbonyl (C=O) groups is 2. The van der Waals surface area contributed by atoms with Crippen molar-refractivity contribution in [3.05, 3.63) is 29.6 Å². The maximum Gasteiger partial charge on any atom is 0.240 e. The zero-order valence-corrected chi connectivity index (χ0v) is 14.1. The summed E-state index contributed by atoms with van der Waals surface area (Å²) >= 11 is 0. The third kappa shape index (κ3) is 7.13. The first-order valence-electron chi connectivity index (χ1n) is 7.61. The van der Waals surface area contributed by atoms with Crippen LogP contribution in [0, 0.1) is 5.82 Å². The predicted octanol–water partition coefficient (Wildman–Crippen LogP) is 2.23. The first kappa shape index (κ1) is 18.9. The van der Waals surface area contributed by atoms with E-state index in [0.717, 1.165) is 5.56 Å². The minimum atomic E-state index is -0.662. The van der Waals surface area contributed by atoms with Crippen LogP contribution in [0.1, 0.15) is 39.2 Å². The maximum absolute atomic E-state index is 13.2. The average Bonchev–Trinajstić information content (AvgIpc) is 2.40. The number of benzene rings is 1. The SMILES string of the molecule is CN(CC(=O)NC(C)(C)C)C(=O)CCCc1ccc(O)c(F)c1. The Morgan fingerprint density at radius 3 is 2.52 bits per heavy atom. The maximum atomic E-state index is 13.2. The highest BCUT2D eigenvalue weighted by Crippen LogP contribution is 2.17. The van der Waals surface area contributed by atoms with E-state index in [1.54, 1.807) is 13.1 Å². The highest BCUT2D eigenvalue weighted by molar-refractivity contribution is 5.84. The van der Waals surface area contributed by atoms with Crippen LogP contribution < -0.4 is 5.32 Å². The molecule has 0 unspecified atom stereocenters. The molecule has 1 aromatic rings. The number of aryl methyl sites for hydroxylation is 1. The molecule has 23 heavy (non-hydrogen) atoms. The summed E-state index contributed by atoms with van der Waals surface area (Å²) in [7, 11) is 1.59. The summed E-state index contributed by atoms with van der Waals surface area (Å²) in [6.45, 7) is 5.65. The van der Waals surface area contributed by atoms with E-state index in [-0.39, 0.29) is 36.1 Å². The van der Waals surface area contributed by atoms with Crippen LogP contribution in [0.15, 0.2) is 18.2 Å². The van der Waals surface area contributed by atoms with Gasteiger partial charge in [0.2, 0.25) is 11.8 Å². The fourth-order valence-electron chi connectivity index (χ4n) is 2.10. The molecule has 0 bridgehead atoms. The largest absolute Gasteiger partial charge is 0.505 e. The third-order valence-corrected chi connectivity index (χ3v) is 3.19. The quantitative estimate of drug-likeness (QED) is 0.843. The van der Waals surface area contributed by atoms with Crippen molar-refractivity contribution >= 4 is 11.8 Å². The van der Waals surface area contributed by atoms with Gasteiger partial charge in [-0.25, -0.2) is 4.39 Å². The molecule has 0 aromatic heterocycles. The molecular formula is C17H25FN2O3. The van der Waals surface area contributed by atoms with Crippen molar-refractivity contribution in [2.45, 2.75) is 45.6 Å². The van der Waals surface area contributed by atoms with Crippen molar-refractivity contribution in [2.75, 3.05) is 13.6 Å². The highest BCUT2D eigenvalue weighted by Gasteiger charge is 2.17. The van der Waals surface area contributed by atoms with Gasteiger partial charge in [0.25, 0.3) is 0 Å². The number of nitrogens with one attached hydrogen (secondary N) is 1. The monoisotopic (exact) mass is 324 g/mol. The Morgan fingerprint density at radius 1 is 1.30 bits per heavy atom. The van der Waals surface area contributed by atoms with Crippen LogP contribution >= 0.6 is 0 Å². The molecule has 0 aliphatic carbocycles. The van der Waals surface area contributed by atoms with Gasteiger partial charge in [0.05, 0.1) is 6.54 Å². The van der Waals surface area contributed by atoms with Gasteiger partial charge < -0.3 is 15.3 Å². The number of likely N-dealkylation sites (N-methyl/N-ethyl adjacent to an activating group) is 1. The summed E-state index contributed by atoms with van der Waals surface area (Å²) in [5, 5.41) is 11.9. The summed E-state index contributed by atoms with van der Waals surface area (Å²) in [6.07, 6.45) is 1.36. The number of carbonyl (C=O) groups excluding carboxylic acids is 2. The molecule has 5 nitrogen and oxygen atoms in total. The minimum Gasteiger partial charge on any atom is -0.505 e. The molecule has 0 radical (unpaired) electrons. The number of aromatic hydroxyl groups is 1. The number of nitrogens with zero attached hydrogens (tertiary/aromatic N) is 1. The molecule has 0 aliphatic rings. The van der Waals surface area contributed by atoms with Crippen LogP contribution in [0.2, 0.25) is 0 Å². The van der Waals surface area contributed by atoms with E-state index < -0.39 is 5.82 Å². The smallest absolute Gasteiger partial charge is 0.240 e. The van der Waals surface area contributed by atoms with Gasteiger partial charge in [0, 0.05) is 19.0 Å². The summed E-state index contributed by atoms with van der Waals surface area (Å²) in [6, 6.07) is 4.19. The van der Waals surface area contributed by atoms with Crippen molar-refractivity contribution in [1.82, 2.24) is 10.2 Å². The zero-order valence-electron chi connectivity index (χ0n) is 14.1. The number of rotatable bonds is 6. The van der Waals surface area contributed by atoms with Gasteiger partial charge in [-0.15, -0.1) is 0 Å². The van der Waals surface area contributed by atoms with Gasteiger partial charge in [-0.05, 0) is 51.3 Å². The zero-order chi connectivity index (χ0) is 17.6. The molecule has 0 atom stereocenters.